The van der Waals surface area contributed by atoms with Crippen molar-refractivity contribution in [3.05, 3.63) is 24.3 Å². The number of nitrogens with one attached hydrogen (secondary N) is 2. The van der Waals surface area contributed by atoms with Gasteiger partial charge in [-0.3, -0.25) is 0 Å². The predicted octanol–water partition coefficient (Wildman–Crippen LogP) is 12.8. The third kappa shape index (κ3) is 41.1. The first-order valence-corrected chi connectivity index (χ1v) is 21.8. The van der Waals surface area contributed by atoms with Gasteiger partial charge in [0.1, 0.15) is 12.7 Å². The highest BCUT2D eigenvalue weighted by atomic mass is 16.6. The van der Waals surface area contributed by atoms with Gasteiger partial charge in [0.15, 0.2) is 0 Å². The van der Waals surface area contributed by atoms with Crippen molar-refractivity contribution in [2.75, 3.05) is 46.1 Å². The number of carbonyl (C=O) groups excluding carboxylic acids is 1. The maximum atomic E-state index is 12.1. The summed E-state index contributed by atoms with van der Waals surface area (Å²) in [6.07, 6.45) is 45.4. The number of likely N-dealkylation sites (N-methyl/N-ethyl adjacent to an activating group) is 1. The van der Waals surface area contributed by atoms with Crippen LogP contribution in [0.1, 0.15) is 201 Å². The number of alkyl carbamates (subject to hydrolysis) is 1. The van der Waals surface area contributed by atoms with Crippen LogP contribution in [0.5, 0.6) is 0 Å². The first kappa shape index (κ1) is 48.6. The predicted molar refractivity (Wildman–Crippen MR) is 217 cm³/mol. The number of rotatable bonds is 41. The molecular weight excluding hydrogens is 620 g/mol. The van der Waals surface area contributed by atoms with Gasteiger partial charge in [0, 0.05) is 26.3 Å². The van der Waals surface area contributed by atoms with E-state index in [4.69, 9.17) is 14.2 Å². The highest BCUT2D eigenvalue weighted by Crippen LogP contribution is 2.12. The van der Waals surface area contributed by atoms with E-state index in [2.05, 4.69) is 55.7 Å². The molecule has 0 bridgehead atoms. The Balaban J connectivity index is 3.93. The van der Waals surface area contributed by atoms with Crippen molar-refractivity contribution in [2.24, 2.45) is 0 Å². The van der Waals surface area contributed by atoms with Gasteiger partial charge < -0.3 is 24.8 Å². The molecule has 0 aliphatic heterocycles. The molecule has 1 amide bonds. The van der Waals surface area contributed by atoms with Crippen molar-refractivity contribution in [2.45, 2.75) is 207 Å². The SMILES string of the molecule is CCCCCCCC/C=C\CCCCCCCCOCC(COC(=O)NCCNCC)OCCCCCCCC/C=C\CCCCCCCC. The largest absolute Gasteiger partial charge is 0.447 e. The van der Waals surface area contributed by atoms with Gasteiger partial charge in [-0.2, -0.15) is 0 Å². The first-order valence-electron chi connectivity index (χ1n) is 21.8. The lowest BCUT2D eigenvalue weighted by molar-refractivity contribution is -0.0468. The van der Waals surface area contributed by atoms with E-state index in [1.807, 2.05) is 0 Å². The molecule has 6 nitrogen and oxygen atoms in total. The molecular formula is C44H86N2O4. The smallest absolute Gasteiger partial charge is 0.407 e. The Morgan fingerprint density at radius 3 is 1.38 bits per heavy atom. The number of ether oxygens (including phenoxy) is 3. The van der Waals surface area contributed by atoms with E-state index in [0.717, 1.165) is 32.5 Å². The molecule has 0 spiro atoms. The van der Waals surface area contributed by atoms with E-state index in [-0.39, 0.29) is 18.8 Å². The van der Waals surface area contributed by atoms with Crippen LogP contribution in [0, 0.1) is 0 Å². The summed E-state index contributed by atoms with van der Waals surface area (Å²) in [7, 11) is 0. The number of hydrogen-bond donors (Lipinski definition) is 2. The van der Waals surface area contributed by atoms with Crippen LogP contribution in [-0.2, 0) is 14.2 Å². The zero-order valence-corrected chi connectivity index (χ0v) is 33.8. The Bertz CT molecular complexity index is 714. The molecule has 0 fully saturated rings. The van der Waals surface area contributed by atoms with Crippen molar-refractivity contribution >= 4 is 6.09 Å². The number of allylic oxidation sites excluding steroid dienone is 4. The Labute approximate surface area is 312 Å². The molecule has 0 saturated carbocycles. The minimum absolute atomic E-state index is 0.216. The summed E-state index contributed by atoms with van der Waals surface area (Å²) in [4.78, 5) is 12.1. The summed E-state index contributed by atoms with van der Waals surface area (Å²) in [5.41, 5.74) is 0. The van der Waals surface area contributed by atoms with Gasteiger partial charge in [-0.1, -0.05) is 161 Å². The maximum Gasteiger partial charge on any atom is 0.407 e. The molecule has 2 N–H and O–H groups in total. The molecule has 0 aromatic carbocycles. The summed E-state index contributed by atoms with van der Waals surface area (Å²) < 4.78 is 17.6. The van der Waals surface area contributed by atoms with Crippen LogP contribution in [0.2, 0.25) is 0 Å². The fourth-order valence-electron chi connectivity index (χ4n) is 6.06. The number of hydrogen-bond acceptors (Lipinski definition) is 5. The van der Waals surface area contributed by atoms with Gasteiger partial charge in [-0.25, -0.2) is 4.79 Å². The molecule has 0 heterocycles. The second kappa shape index (κ2) is 43.8. The van der Waals surface area contributed by atoms with Crippen molar-refractivity contribution in [1.29, 1.82) is 0 Å². The molecule has 0 saturated heterocycles. The average molecular weight is 707 g/mol. The van der Waals surface area contributed by atoms with Crippen LogP contribution in [0.25, 0.3) is 0 Å². The molecule has 296 valence electrons. The lowest BCUT2D eigenvalue weighted by Crippen LogP contribution is -2.35. The van der Waals surface area contributed by atoms with E-state index < -0.39 is 0 Å². The minimum Gasteiger partial charge on any atom is -0.447 e. The molecule has 1 unspecified atom stereocenters. The molecule has 50 heavy (non-hydrogen) atoms. The molecule has 0 radical (unpaired) electrons. The molecule has 0 rings (SSSR count). The van der Waals surface area contributed by atoms with Crippen LogP contribution in [0.15, 0.2) is 24.3 Å². The molecule has 0 aliphatic carbocycles. The lowest BCUT2D eigenvalue weighted by Gasteiger charge is -2.18. The van der Waals surface area contributed by atoms with Gasteiger partial charge in [-0.15, -0.1) is 0 Å². The van der Waals surface area contributed by atoms with Crippen LogP contribution in [-0.4, -0.2) is 58.3 Å². The molecule has 0 aromatic rings. The molecule has 0 aromatic heterocycles. The number of carbonyl (C=O) groups is 1. The Kier molecular flexibility index (Phi) is 42.6. The second-order valence-corrected chi connectivity index (χ2v) is 14.3. The van der Waals surface area contributed by atoms with Gasteiger partial charge in [0.25, 0.3) is 0 Å². The molecule has 1 atom stereocenters. The third-order valence-electron chi connectivity index (χ3n) is 9.34. The van der Waals surface area contributed by atoms with Crippen LogP contribution >= 0.6 is 0 Å². The molecule has 6 heteroatoms. The van der Waals surface area contributed by atoms with Crippen LogP contribution < -0.4 is 10.6 Å². The van der Waals surface area contributed by atoms with Crippen molar-refractivity contribution in [3.63, 3.8) is 0 Å². The fraction of sp³-hybridized carbons (Fsp3) is 0.886. The Morgan fingerprint density at radius 2 is 0.920 bits per heavy atom. The quantitative estimate of drug-likeness (QED) is 0.0489. The maximum absolute atomic E-state index is 12.1. The normalized spacial score (nSPS) is 12.4. The van der Waals surface area contributed by atoms with Crippen LogP contribution in [0.3, 0.4) is 0 Å². The number of amides is 1. The van der Waals surface area contributed by atoms with Crippen molar-refractivity contribution in [1.82, 2.24) is 10.6 Å². The second-order valence-electron chi connectivity index (χ2n) is 14.3. The van der Waals surface area contributed by atoms with Crippen molar-refractivity contribution < 1.29 is 19.0 Å². The zero-order valence-electron chi connectivity index (χ0n) is 33.8. The summed E-state index contributed by atoms with van der Waals surface area (Å²) in [5, 5.41) is 6.00. The average Bonchev–Trinajstić information content (AvgIpc) is 3.12. The van der Waals surface area contributed by atoms with Crippen molar-refractivity contribution in [3.8, 4) is 0 Å². The number of unbranched alkanes of at least 4 members (excludes halogenated alkanes) is 24. The minimum atomic E-state index is -0.387. The van der Waals surface area contributed by atoms with E-state index in [9.17, 15) is 4.79 Å². The summed E-state index contributed by atoms with van der Waals surface area (Å²) in [6, 6.07) is 0. The summed E-state index contributed by atoms with van der Waals surface area (Å²) in [6.45, 7) is 10.9. The van der Waals surface area contributed by atoms with E-state index in [0.29, 0.717) is 19.8 Å². The standard InChI is InChI=1S/C44H86N2O4/c1-4-7-9-11-13-15-17-19-21-23-25-27-29-31-33-35-39-48-41-43(42-50-44(47)46-38-37-45-6-3)49-40-36-34-32-30-28-26-24-22-20-18-16-14-12-10-8-5-2/h19-22,43,45H,4-18,23-42H2,1-3H3,(H,46,47)/b21-19-,22-20-. The van der Waals surface area contributed by atoms with E-state index >= 15 is 0 Å². The lowest BCUT2D eigenvalue weighted by atomic mass is 10.1. The third-order valence-corrected chi connectivity index (χ3v) is 9.34. The zero-order chi connectivity index (χ0) is 36.3. The van der Waals surface area contributed by atoms with E-state index in [1.54, 1.807) is 0 Å². The Morgan fingerprint density at radius 1 is 0.500 bits per heavy atom. The first-order chi connectivity index (χ1) is 24.7. The fourth-order valence-corrected chi connectivity index (χ4v) is 6.06. The Hall–Kier alpha value is -1.37. The molecule has 0 aliphatic rings. The highest BCUT2D eigenvalue weighted by Gasteiger charge is 2.13. The van der Waals surface area contributed by atoms with E-state index in [1.165, 1.54) is 167 Å². The van der Waals surface area contributed by atoms with Gasteiger partial charge in [0.05, 0.1) is 6.61 Å². The summed E-state index contributed by atoms with van der Waals surface area (Å²) >= 11 is 0. The van der Waals surface area contributed by atoms with Gasteiger partial charge in [0.2, 0.25) is 0 Å². The topological polar surface area (TPSA) is 68.8 Å². The van der Waals surface area contributed by atoms with Gasteiger partial charge >= 0.3 is 6.09 Å². The highest BCUT2D eigenvalue weighted by molar-refractivity contribution is 5.67. The van der Waals surface area contributed by atoms with Gasteiger partial charge in [-0.05, 0) is 70.8 Å². The van der Waals surface area contributed by atoms with Crippen LogP contribution in [0.4, 0.5) is 4.79 Å². The monoisotopic (exact) mass is 707 g/mol. The summed E-state index contributed by atoms with van der Waals surface area (Å²) in [5.74, 6) is 0.